The van der Waals surface area contributed by atoms with Crippen molar-refractivity contribution in [2.75, 3.05) is 10.0 Å². The van der Waals surface area contributed by atoms with E-state index in [4.69, 9.17) is 0 Å². The maximum atomic E-state index is 12.5. The number of ether oxygens (including phenoxy) is 1. The first kappa shape index (κ1) is 21.2. The first-order valence-electron chi connectivity index (χ1n) is 8.48. The summed E-state index contributed by atoms with van der Waals surface area (Å²) in [5.74, 6) is -1.10. The van der Waals surface area contributed by atoms with Crippen LogP contribution < -0.4 is 14.8 Å². The third-order valence-electron chi connectivity index (χ3n) is 3.82. The second-order valence-electron chi connectivity index (χ2n) is 5.99. The summed E-state index contributed by atoms with van der Waals surface area (Å²) in [5.41, 5.74) is 0.370. The van der Waals surface area contributed by atoms with Gasteiger partial charge in [0.25, 0.3) is 15.9 Å². The number of para-hydroxylation sites is 2. The van der Waals surface area contributed by atoms with Gasteiger partial charge in [0, 0.05) is 5.56 Å². The van der Waals surface area contributed by atoms with Crippen LogP contribution in [0.5, 0.6) is 5.75 Å². The van der Waals surface area contributed by atoms with Gasteiger partial charge in [-0.15, -0.1) is 13.2 Å². The van der Waals surface area contributed by atoms with Crippen molar-refractivity contribution >= 4 is 27.3 Å². The molecule has 0 unspecified atom stereocenters. The minimum absolute atomic E-state index is 0.0476. The monoisotopic (exact) mass is 436 g/mol. The largest absolute Gasteiger partial charge is 0.573 e. The van der Waals surface area contributed by atoms with Gasteiger partial charge in [-0.25, -0.2) is 8.42 Å². The van der Waals surface area contributed by atoms with Gasteiger partial charge in [-0.05, 0) is 48.5 Å². The highest BCUT2D eigenvalue weighted by Crippen LogP contribution is 2.26. The molecule has 0 atom stereocenters. The SMILES string of the molecule is O=C(Nc1ccccc1NS(=O)(=O)c1ccccc1)c1ccc(OC(F)(F)F)cc1. The summed E-state index contributed by atoms with van der Waals surface area (Å²) in [4.78, 5) is 12.5. The number of rotatable bonds is 6. The van der Waals surface area contributed by atoms with Crippen molar-refractivity contribution in [2.24, 2.45) is 0 Å². The highest BCUT2D eigenvalue weighted by atomic mass is 32.2. The molecule has 0 spiro atoms. The van der Waals surface area contributed by atoms with E-state index in [0.29, 0.717) is 0 Å². The summed E-state index contributed by atoms with van der Waals surface area (Å²) in [7, 11) is -3.88. The minimum atomic E-state index is -4.83. The van der Waals surface area contributed by atoms with Crippen LogP contribution >= 0.6 is 0 Å². The molecule has 0 bridgehead atoms. The van der Waals surface area contributed by atoms with E-state index in [2.05, 4.69) is 14.8 Å². The maximum absolute atomic E-state index is 12.5. The van der Waals surface area contributed by atoms with E-state index in [1.165, 1.54) is 24.3 Å². The zero-order chi connectivity index (χ0) is 21.8. The van der Waals surface area contributed by atoms with Crippen molar-refractivity contribution in [2.45, 2.75) is 11.3 Å². The Kier molecular flexibility index (Phi) is 5.97. The molecule has 0 aliphatic rings. The highest BCUT2D eigenvalue weighted by Gasteiger charge is 2.31. The number of alkyl halides is 3. The van der Waals surface area contributed by atoms with Crippen molar-refractivity contribution in [3.63, 3.8) is 0 Å². The van der Waals surface area contributed by atoms with Crippen LogP contribution in [0.1, 0.15) is 10.4 Å². The topological polar surface area (TPSA) is 84.5 Å². The molecule has 0 aromatic heterocycles. The number of nitrogens with one attached hydrogen (secondary N) is 2. The predicted molar refractivity (Wildman–Crippen MR) is 105 cm³/mol. The van der Waals surface area contributed by atoms with Crippen molar-refractivity contribution < 1.29 is 31.1 Å². The van der Waals surface area contributed by atoms with Gasteiger partial charge in [-0.2, -0.15) is 0 Å². The Hall–Kier alpha value is -3.53. The van der Waals surface area contributed by atoms with Gasteiger partial charge in [-0.1, -0.05) is 30.3 Å². The van der Waals surface area contributed by atoms with Gasteiger partial charge in [0.15, 0.2) is 0 Å². The van der Waals surface area contributed by atoms with Crippen molar-refractivity contribution in [1.29, 1.82) is 0 Å². The fourth-order valence-electron chi connectivity index (χ4n) is 2.49. The molecule has 3 aromatic carbocycles. The second kappa shape index (κ2) is 8.46. The molecule has 0 fully saturated rings. The predicted octanol–water partition coefficient (Wildman–Crippen LogP) is 4.64. The van der Waals surface area contributed by atoms with E-state index in [0.717, 1.165) is 24.3 Å². The summed E-state index contributed by atoms with van der Waals surface area (Å²) in [6.45, 7) is 0. The Morgan fingerprint density at radius 2 is 1.37 bits per heavy atom. The Bertz CT molecular complexity index is 1130. The van der Waals surface area contributed by atoms with Crippen LogP contribution in [0.4, 0.5) is 24.5 Å². The molecule has 0 aliphatic carbocycles. The molecular formula is C20H15F3N2O4S. The standard InChI is InChI=1S/C20H15F3N2O4S/c21-20(22,23)29-15-12-10-14(11-13-15)19(26)24-17-8-4-5-9-18(17)25-30(27,28)16-6-2-1-3-7-16/h1-13,25H,(H,24,26). The summed E-state index contributed by atoms with van der Waals surface area (Å²) in [5, 5.41) is 2.54. The highest BCUT2D eigenvalue weighted by molar-refractivity contribution is 7.92. The van der Waals surface area contributed by atoms with Gasteiger partial charge in [0.1, 0.15) is 5.75 Å². The number of carbonyl (C=O) groups excluding carboxylic acids is 1. The molecular weight excluding hydrogens is 421 g/mol. The van der Waals surface area contributed by atoms with Crippen molar-refractivity contribution in [3.05, 3.63) is 84.4 Å². The second-order valence-corrected chi connectivity index (χ2v) is 7.67. The number of halogens is 3. The summed E-state index contributed by atoms with van der Waals surface area (Å²) in [6, 6.07) is 18.2. The number of hydrogen-bond acceptors (Lipinski definition) is 4. The number of hydrogen-bond donors (Lipinski definition) is 2. The van der Waals surface area contributed by atoms with Gasteiger partial charge >= 0.3 is 6.36 Å². The van der Waals surface area contributed by atoms with Gasteiger partial charge in [0.2, 0.25) is 0 Å². The fraction of sp³-hybridized carbons (Fsp3) is 0.0500. The molecule has 6 nitrogen and oxygen atoms in total. The van der Waals surface area contributed by atoms with E-state index in [-0.39, 0.29) is 21.8 Å². The van der Waals surface area contributed by atoms with Crippen LogP contribution in [0.3, 0.4) is 0 Å². The van der Waals surface area contributed by atoms with E-state index in [1.807, 2.05) is 0 Å². The Morgan fingerprint density at radius 1 is 0.800 bits per heavy atom. The van der Waals surface area contributed by atoms with E-state index < -0.39 is 28.0 Å². The molecule has 3 rings (SSSR count). The molecule has 0 saturated heterocycles. The molecule has 0 aliphatic heterocycles. The number of sulfonamides is 1. The summed E-state index contributed by atoms with van der Waals surface area (Å²) in [6.07, 6.45) is -4.83. The van der Waals surface area contributed by atoms with Crippen molar-refractivity contribution in [3.8, 4) is 5.75 Å². The Morgan fingerprint density at radius 3 is 1.97 bits per heavy atom. The molecule has 0 radical (unpaired) electrons. The third kappa shape index (κ3) is 5.51. The molecule has 30 heavy (non-hydrogen) atoms. The Balaban J connectivity index is 1.77. The Labute approximate surface area is 170 Å². The van der Waals surface area contributed by atoms with E-state index >= 15 is 0 Å². The zero-order valence-corrected chi connectivity index (χ0v) is 16.0. The number of amides is 1. The van der Waals surface area contributed by atoms with E-state index in [9.17, 15) is 26.4 Å². The lowest BCUT2D eigenvalue weighted by molar-refractivity contribution is -0.274. The number of anilines is 2. The smallest absolute Gasteiger partial charge is 0.406 e. The normalized spacial score (nSPS) is 11.6. The van der Waals surface area contributed by atoms with Crippen LogP contribution in [0.25, 0.3) is 0 Å². The lowest BCUT2D eigenvalue weighted by atomic mass is 10.2. The lowest BCUT2D eigenvalue weighted by Crippen LogP contribution is -2.18. The van der Waals surface area contributed by atoms with Crippen LogP contribution in [0.2, 0.25) is 0 Å². The van der Waals surface area contributed by atoms with Crippen LogP contribution in [-0.4, -0.2) is 20.7 Å². The first-order valence-corrected chi connectivity index (χ1v) is 9.96. The number of benzene rings is 3. The van der Waals surface area contributed by atoms with Crippen LogP contribution in [0, 0.1) is 0 Å². The fourth-order valence-corrected chi connectivity index (χ4v) is 3.59. The van der Waals surface area contributed by atoms with Crippen LogP contribution in [-0.2, 0) is 10.0 Å². The zero-order valence-electron chi connectivity index (χ0n) is 15.2. The number of carbonyl (C=O) groups is 1. The molecule has 10 heteroatoms. The van der Waals surface area contributed by atoms with Crippen molar-refractivity contribution in [1.82, 2.24) is 0 Å². The molecule has 156 valence electrons. The van der Waals surface area contributed by atoms with Gasteiger partial charge < -0.3 is 10.1 Å². The molecule has 1 amide bonds. The molecule has 3 aromatic rings. The molecule has 0 heterocycles. The first-order chi connectivity index (χ1) is 14.1. The van der Waals surface area contributed by atoms with E-state index in [1.54, 1.807) is 30.3 Å². The average molecular weight is 436 g/mol. The van der Waals surface area contributed by atoms with Gasteiger partial charge in [0.05, 0.1) is 16.3 Å². The summed E-state index contributed by atoms with van der Waals surface area (Å²) >= 11 is 0. The minimum Gasteiger partial charge on any atom is -0.406 e. The molecule has 2 N–H and O–H groups in total. The maximum Gasteiger partial charge on any atom is 0.573 e. The van der Waals surface area contributed by atoms with Gasteiger partial charge in [-0.3, -0.25) is 9.52 Å². The molecule has 0 saturated carbocycles. The average Bonchev–Trinajstić information content (AvgIpc) is 2.69. The third-order valence-corrected chi connectivity index (χ3v) is 5.20. The quantitative estimate of drug-likeness (QED) is 0.590. The van der Waals surface area contributed by atoms with Crippen LogP contribution in [0.15, 0.2) is 83.8 Å². The summed E-state index contributed by atoms with van der Waals surface area (Å²) < 4.78 is 67.9. The lowest BCUT2D eigenvalue weighted by Gasteiger charge is -2.14.